The molecule has 8 heteroatoms. The Labute approximate surface area is 204 Å². The van der Waals surface area contributed by atoms with Crippen molar-refractivity contribution in [2.45, 2.75) is 38.3 Å². The highest BCUT2D eigenvalue weighted by Crippen LogP contribution is 2.48. The predicted molar refractivity (Wildman–Crippen MR) is 132 cm³/mol. The normalized spacial score (nSPS) is 21.9. The number of aromatic nitrogens is 1. The molecule has 2 aromatic carbocycles. The summed E-state index contributed by atoms with van der Waals surface area (Å²) in [6.07, 6.45) is 0.00390. The number of aromatic amines is 1. The average Bonchev–Trinajstić information content (AvgIpc) is 3.23. The number of H-pyrrole nitrogens is 1. The van der Waals surface area contributed by atoms with E-state index in [1.807, 2.05) is 56.3 Å². The average molecular weight is 478 g/mol. The lowest BCUT2D eigenvalue weighted by Gasteiger charge is -2.51. The van der Waals surface area contributed by atoms with Crippen LogP contribution in [-0.2, 0) is 15.1 Å². The second-order valence-electron chi connectivity index (χ2n) is 9.62. The quantitative estimate of drug-likeness (QED) is 0.569. The number of nitrogens with zero attached hydrogens (tertiary/aromatic N) is 2. The molecule has 2 aliphatic heterocycles. The van der Waals surface area contributed by atoms with Crippen LogP contribution in [0.5, 0.6) is 11.5 Å². The van der Waals surface area contributed by atoms with Crippen molar-refractivity contribution in [1.29, 1.82) is 0 Å². The van der Waals surface area contributed by atoms with Gasteiger partial charge < -0.3 is 29.4 Å². The number of ether oxygens (including phenoxy) is 2. The van der Waals surface area contributed by atoms with Gasteiger partial charge in [-0.05, 0) is 50.1 Å². The number of β-amino-alcohol motifs (C(OH)–C–C–N with tert-alkyl or cyclic N) is 1. The summed E-state index contributed by atoms with van der Waals surface area (Å²) in [4.78, 5) is 33.7. The van der Waals surface area contributed by atoms with E-state index in [9.17, 15) is 14.7 Å². The molecule has 1 aromatic heterocycles. The molecule has 1 fully saturated rings. The lowest BCUT2D eigenvalue weighted by Crippen LogP contribution is -2.67. The molecular weight excluding hydrogens is 446 g/mol. The number of aliphatic hydroxyl groups is 1. The number of aliphatic hydroxyl groups excluding tert-OH is 1. The van der Waals surface area contributed by atoms with Crippen molar-refractivity contribution in [3.8, 4) is 11.5 Å². The molecular formula is C27H31N3O5. The highest BCUT2D eigenvalue weighted by Gasteiger charge is 2.56. The number of hydrogen-bond acceptors (Lipinski definition) is 5. The van der Waals surface area contributed by atoms with Gasteiger partial charge in [0.1, 0.15) is 0 Å². The molecule has 8 nitrogen and oxygen atoms in total. The molecule has 1 saturated heterocycles. The molecule has 2 amide bonds. The molecule has 2 aliphatic rings. The summed E-state index contributed by atoms with van der Waals surface area (Å²) in [6.45, 7) is 5.99. The first-order valence-corrected chi connectivity index (χ1v) is 12.0. The van der Waals surface area contributed by atoms with Crippen LogP contribution in [0.4, 0.5) is 0 Å². The van der Waals surface area contributed by atoms with Crippen molar-refractivity contribution in [3.63, 3.8) is 0 Å². The summed E-state index contributed by atoms with van der Waals surface area (Å²) in [5.41, 5.74) is 2.43. The van der Waals surface area contributed by atoms with E-state index in [1.54, 1.807) is 18.9 Å². The Morgan fingerprint density at radius 3 is 2.66 bits per heavy atom. The number of benzene rings is 2. The van der Waals surface area contributed by atoms with E-state index in [0.29, 0.717) is 18.0 Å². The minimum Gasteiger partial charge on any atom is -0.493 e. The zero-order chi connectivity index (χ0) is 24.9. The molecule has 5 rings (SSSR count). The third-order valence-corrected chi connectivity index (χ3v) is 7.14. The summed E-state index contributed by atoms with van der Waals surface area (Å²) in [6, 6.07) is 13.8. The molecule has 2 atom stereocenters. The van der Waals surface area contributed by atoms with E-state index in [1.165, 1.54) is 4.90 Å². The molecule has 184 valence electrons. The van der Waals surface area contributed by atoms with Crippen molar-refractivity contribution in [1.82, 2.24) is 14.8 Å². The van der Waals surface area contributed by atoms with Gasteiger partial charge in [-0.3, -0.25) is 9.59 Å². The molecule has 3 aromatic rings. The Kier molecular flexibility index (Phi) is 5.71. The first-order valence-electron chi connectivity index (χ1n) is 12.0. The number of fused-ring (bicyclic) bond motifs is 5. The van der Waals surface area contributed by atoms with Gasteiger partial charge in [0, 0.05) is 29.9 Å². The Balaban J connectivity index is 1.70. The van der Waals surface area contributed by atoms with Gasteiger partial charge in [-0.15, -0.1) is 0 Å². The molecule has 0 bridgehead atoms. The van der Waals surface area contributed by atoms with Gasteiger partial charge in [0.05, 0.1) is 32.1 Å². The zero-order valence-electron chi connectivity index (χ0n) is 20.5. The smallest absolute Gasteiger partial charge is 0.255 e. The van der Waals surface area contributed by atoms with Crippen LogP contribution in [0, 0.1) is 0 Å². The van der Waals surface area contributed by atoms with Crippen molar-refractivity contribution in [3.05, 3.63) is 59.3 Å². The van der Waals surface area contributed by atoms with E-state index < -0.39 is 5.54 Å². The number of carbonyl (C=O) groups is 2. The number of nitrogens with one attached hydrogen (secondary N) is 1. The summed E-state index contributed by atoms with van der Waals surface area (Å²) in [5, 5.41) is 10.5. The third kappa shape index (κ3) is 3.55. The van der Waals surface area contributed by atoms with Gasteiger partial charge in [0.2, 0.25) is 5.91 Å². The van der Waals surface area contributed by atoms with Crippen molar-refractivity contribution >= 4 is 22.7 Å². The molecule has 0 saturated carbocycles. The Morgan fingerprint density at radius 2 is 1.94 bits per heavy atom. The minimum atomic E-state index is -1.18. The fourth-order valence-corrected chi connectivity index (χ4v) is 5.53. The molecule has 0 radical (unpaired) electrons. The highest BCUT2D eigenvalue weighted by atomic mass is 16.5. The Bertz CT molecular complexity index is 1300. The third-order valence-electron chi connectivity index (χ3n) is 7.14. The first-order chi connectivity index (χ1) is 16.8. The molecule has 3 heterocycles. The number of hydrogen-bond donors (Lipinski definition) is 2. The van der Waals surface area contributed by atoms with Crippen LogP contribution in [0.15, 0.2) is 42.5 Å². The Morgan fingerprint density at radius 1 is 1.17 bits per heavy atom. The summed E-state index contributed by atoms with van der Waals surface area (Å²) >= 11 is 0. The predicted octanol–water partition coefficient (Wildman–Crippen LogP) is 2.99. The van der Waals surface area contributed by atoms with Gasteiger partial charge in [-0.2, -0.15) is 0 Å². The van der Waals surface area contributed by atoms with E-state index >= 15 is 0 Å². The lowest BCUT2D eigenvalue weighted by atomic mass is 9.76. The van der Waals surface area contributed by atoms with Crippen LogP contribution in [0.1, 0.15) is 43.5 Å². The number of amides is 2. The van der Waals surface area contributed by atoms with Crippen molar-refractivity contribution < 1.29 is 24.2 Å². The fraction of sp³-hybridized carbons (Fsp3) is 0.407. The van der Waals surface area contributed by atoms with E-state index in [0.717, 1.165) is 27.7 Å². The number of rotatable bonds is 6. The van der Waals surface area contributed by atoms with Gasteiger partial charge >= 0.3 is 0 Å². The molecule has 0 unspecified atom stereocenters. The second-order valence-corrected chi connectivity index (χ2v) is 9.62. The Hall–Kier alpha value is -3.52. The molecule has 35 heavy (non-hydrogen) atoms. The van der Waals surface area contributed by atoms with Gasteiger partial charge in [-0.25, -0.2) is 0 Å². The summed E-state index contributed by atoms with van der Waals surface area (Å²) < 4.78 is 11.5. The van der Waals surface area contributed by atoms with Crippen LogP contribution in [0.3, 0.4) is 0 Å². The van der Waals surface area contributed by atoms with Gasteiger partial charge in [0.15, 0.2) is 17.0 Å². The summed E-state index contributed by atoms with van der Waals surface area (Å²) in [5.74, 6) is 0.797. The first kappa shape index (κ1) is 23.2. The van der Waals surface area contributed by atoms with Crippen LogP contribution < -0.4 is 9.47 Å². The number of para-hydroxylation sites is 1. The summed E-state index contributed by atoms with van der Waals surface area (Å²) in [7, 11) is 1.62. The van der Waals surface area contributed by atoms with Crippen molar-refractivity contribution in [2.24, 2.45) is 0 Å². The van der Waals surface area contributed by atoms with Crippen LogP contribution >= 0.6 is 0 Å². The highest BCUT2D eigenvalue weighted by molar-refractivity contribution is 6.01. The number of piperazine rings is 1. The topological polar surface area (TPSA) is 95.1 Å². The van der Waals surface area contributed by atoms with Crippen molar-refractivity contribution in [2.75, 3.05) is 33.4 Å². The SMILES string of the molecule is COc1cc([C@@H]2CN3C(=O)CN(CCO)C(=O)[C@]3(C)c3[nH]c4ccccc4c32)ccc1OC(C)C. The lowest BCUT2D eigenvalue weighted by molar-refractivity contribution is -0.166. The van der Waals surface area contributed by atoms with Crippen LogP contribution in [-0.4, -0.2) is 71.2 Å². The largest absolute Gasteiger partial charge is 0.493 e. The van der Waals surface area contributed by atoms with Crippen LogP contribution in [0.25, 0.3) is 10.9 Å². The van der Waals surface area contributed by atoms with Gasteiger partial charge in [-0.1, -0.05) is 24.3 Å². The zero-order valence-corrected chi connectivity index (χ0v) is 20.5. The fourth-order valence-electron chi connectivity index (χ4n) is 5.53. The second kappa shape index (κ2) is 8.61. The van der Waals surface area contributed by atoms with Gasteiger partial charge in [0.25, 0.3) is 5.91 Å². The monoisotopic (exact) mass is 477 g/mol. The molecule has 0 aliphatic carbocycles. The maximum Gasteiger partial charge on any atom is 0.255 e. The van der Waals surface area contributed by atoms with E-state index in [-0.39, 0.29) is 43.5 Å². The molecule has 0 spiro atoms. The van der Waals surface area contributed by atoms with Crippen LogP contribution in [0.2, 0.25) is 0 Å². The van der Waals surface area contributed by atoms with E-state index in [4.69, 9.17) is 9.47 Å². The number of methoxy groups -OCH3 is 1. The minimum absolute atomic E-state index is 0.00390. The maximum atomic E-state index is 13.7. The molecule has 2 N–H and O–H groups in total. The number of carbonyl (C=O) groups excluding carboxylic acids is 2. The van der Waals surface area contributed by atoms with E-state index in [2.05, 4.69) is 4.98 Å². The standard InChI is InChI=1S/C27H31N3O5/c1-16(2)35-21-10-9-17(13-22(21)34-4)19-14-30-23(32)15-29(11-12-31)26(33)27(30,3)25-24(19)18-7-5-6-8-20(18)28-25/h5-10,13,16,19,28,31H,11-12,14-15H2,1-4H3/t19-,27-/m0/s1. The maximum absolute atomic E-state index is 13.7.